The van der Waals surface area contributed by atoms with Gasteiger partial charge in [-0.2, -0.15) is 0 Å². The molecule has 0 saturated carbocycles. The molecule has 0 aliphatic heterocycles. The van der Waals surface area contributed by atoms with Gasteiger partial charge >= 0.3 is 0 Å². The van der Waals surface area contributed by atoms with Crippen molar-refractivity contribution < 1.29 is 18.8 Å². The lowest BCUT2D eigenvalue weighted by Gasteiger charge is -2.11. The van der Waals surface area contributed by atoms with Crippen LogP contribution in [0.3, 0.4) is 0 Å². The number of nitrogens with two attached hydrogens (primary N) is 1. The number of nitrogens with zero attached hydrogens (tertiary/aromatic N) is 1. The van der Waals surface area contributed by atoms with Gasteiger partial charge in [-0.1, -0.05) is 5.16 Å². The zero-order chi connectivity index (χ0) is 13.8. The number of amides is 1. The molecule has 0 aliphatic rings. The van der Waals surface area contributed by atoms with Crippen LogP contribution in [-0.2, 0) is 0 Å². The number of anilines is 2. The molecule has 7 nitrogen and oxygen atoms in total. The molecule has 2 rings (SSSR count). The molecule has 1 aromatic heterocycles. The smallest absolute Gasteiger partial charge is 0.258 e. The highest BCUT2D eigenvalue weighted by atomic mass is 16.5. The number of carbonyl (C=O) groups is 1. The summed E-state index contributed by atoms with van der Waals surface area (Å²) in [6, 6.07) is 3.04. The number of rotatable bonds is 4. The summed E-state index contributed by atoms with van der Waals surface area (Å²) < 4.78 is 14.8. The minimum absolute atomic E-state index is 0.277. The van der Waals surface area contributed by atoms with Crippen molar-refractivity contribution in [3.05, 3.63) is 30.2 Å². The quantitative estimate of drug-likeness (QED) is 0.811. The van der Waals surface area contributed by atoms with Crippen LogP contribution in [0.4, 0.5) is 11.4 Å². The molecule has 0 atom stereocenters. The minimum atomic E-state index is -0.387. The SMILES string of the molecule is COc1cc(N)c(C(=O)Nc2cnoc2)cc1OC. The summed E-state index contributed by atoms with van der Waals surface area (Å²) in [5.74, 6) is 0.496. The van der Waals surface area contributed by atoms with E-state index in [0.29, 0.717) is 17.2 Å². The number of methoxy groups -OCH3 is 2. The molecule has 0 fully saturated rings. The van der Waals surface area contributed by atoms with Crippen molar-refractivity contribution in [3.63, 3.8) is 0 Å². The fourth-order valence-corrected chi connectivity index (χ4v) is 1.56. The van der Waals surface area contributed by atoms with Gasteiger partial charge in [0.1, 0.15) is 12.0 Å². The molecule has 100 valence electrons. The molecule has 0 spiro atoms. The maximum absolute atomic E-state index is 12.0. The Hall–Kier alpha value is -2.70. The number of benzene rings is 1. The minimum Gasteiger partial charge on any atom is -0.493 e. The van der Waals surface area contributed by atoms with Crippen LogP contribution in [0.25, 0.3) is 0 Å². The summed E-state index contributed by atoms with van der Waals surface area (Å²) in [4.78, 5) is 12.0. The molecule has 19 heavy (non-hydrogen) atoms. The summed E-state index contributed by atoms with van der Waals surface area (Å²) in [5, 5.41) is 6.08. The van der Waals surface area contributed by atoms with Gasteiger partial charge in [-0.25, -0.2) is 0 Å². The highest BCUT2D eigenvalue weighted by Gasteiger charge is 2.15. The fourth-order valence-electron chi connectivity index (χ4n) is 1.56. The highest BCUT2D eigenvalue weighted by Crippen LogP contribution is 2.32. The summed E-state index contributed by atoms with van der Waals surface area (Å²) in [6.45, 7) is 0. The van der Waals surface area contributed by atoms with E-state index in [0.717, 1.165) is 0 Å². The summed E-state index contributed by atoms with van der Waals surface area (Å²) in [7, 11) is 2.98. The van der Waals surface area contributed by atoms with Gasteiger partial charge in [-0.05, 0) is 6.07 Å². The van der Waals surface area contributed by atoms with Crippen molar-refractivity contribution in [1.82, 2.24) is 5.16 Å². The van der Waals surface area contributed by atoms with Crippen LogP contribution in [0.1, 0.15) is 10.4 Å². The zero-order valence-corrected chi connectivity index (χ0v) is 10.5. The second-order valence-corrected chi connectivity index (χ2v) is 3.66. The van der Waals surface area contributed by atoms with Crippen LogP contribution < -0.4 is 20.5 Å². The molecule has 0 saturated heterocycles. The fraction of sp³-hybridized carbons (Fsp3) is 0.167. The Balaban J connectivity index is 2.31. The van der Waals surface area contributed by atoms with Crippen molar-refractivity contribution in [2.24, 2.45) is 0 Å². The first-order valence-corrected chi connectivity index (χ1v) is 5.38. The lowest BCUT2D eigenvalue weighted by Crippen LogP contribution is -2.14. The molecule has 0 bridgehead atoms. The van der Waals surface area contributed by atoms with Crippen LogP contribution >= 0.6 is 0 Å². The first-order valence-electron chi connectivity index (χ1n) is 5.38. The number of ether oxygens (including phenoxy) is 2. The van der Waals surface area contributed by atoms with E-state index in [2.05, 4.69) is 15.0 Å². The maximum atomic E-state index is 12.0. The average Bonchev–Trinajstić information content (AvgIpc) is 2.90. The second kappa shape index (κ2) is 5.30. The summed E-state index contributed by atoms with van der Waals surface area (Å²) in [6.07, 6.45) is 2.70. The van der Waals surface area contributed by atoms with E-state index in [9.17, 15) is 4.79 Å². The van der Waals surface area contributed by atoms with Crippen molar-refractivity contribution >= 4 is 17.3 Å². The standard InChI is InChI=1S/C12H13N3O4/c1-17-10-3-8(9(13)4-11(10)18-2)12(16)15-7-5-14-19-6-7/h3-6H,13H2,1-2H3,(H,15,16). The van der Waals surface area contributed by atoms with E-state index < -0.39 is 0 Å². The predicted octanol–water partition coefficient (Wildman–Crippen LogP) is 1.53. The Kier molecular flexibility index (Phi) is 3.56. The molecular weight excluding hydrogens is 250 g/mol. The molecule has 1 amide bonds. The Morgan fingerprint density at radius 1 is 1.32 bits per heavy atom. The molecule has 0 aliphatic carbocycles. The molecule has 2 aromatic rings. The summed E-state index contributed by atoms with van der Waals surface area (Å²) >= 11 is 0. The first kappa shape index (κ1) is 12.7. The number of hydrogen-bond acceptors (Lipinski definition) is 6. The Bertz CT molecular complexity index is 581. The third kappa shape index (κ3) is 2.59. The van der Waals surface area contributed by atoms with E-state index in [4.69, 9.17) is 15.2 Å². The third-order valence-electron chi connectivity index (χ3n) is 2.49. The van der Waals surface area contributed by atoms with Crippen LogP contribution in [0, 0.1) is 0 Å². The number of aromatic nitrogens is 1. The molecule has 0 radical (unpaired) electrons. The molecule has 1 aromatic carbocycles. The van der Waals surface area contributed by atoms with Crippen molar-refractivity contribution in [2.75, 3.05) is 25.3 Å². The normalized spacial score (nSPS) is 10.0. The van der Waals surface area contributed by atoms with Crippen LogP contribution in [0.2, 0.25) is 0 Å². The van der Waals surface area contributed by atoms with Crippen molar-refractivity contribution in [3.8, 4) is 11.5 Å². The van der Waals surface area contributed by atoms with E-state index in [1.807, 2.05) is 0 Å². The summed E-state index contributed by atoms with van der Waals surface area (Å²) in [5.41, 5.74) is 6.82. The third-order valence-corrected chi connectivity index (χ3v) is 2.49. The van der Waals surface area contributed by atoms with Gasteiger partial charge in [0.25, 0.3) is 5.91 Å². The first-order chi connectivity index (χ1) is 9.15. The number of nitrogen functional groups attached to an aromatic ring is 1. The van der Waals surface area contributed by atoms with Crippen LogP contribution in [-0.4, -0.2) is 25.3 Å². The van der Waals surface area contributed by atoms with Gasteiger partial charge in [0.05, 0.1) is 26.0 Å². The van der Waals surface area contributed by atoms with Gasteiger partial charge in [-0.15, -0.1) is 0 Å². The molecule has 0 unspecified atom stereocenters. The average molecular weight is 263 g/mol. The van der Waals surface area contributed by atoms with Gasteiger partial charge in [0.2, 0.25) is 0 Å². The van der Waals surface area contributed by atoms with Crippen LogP contribution in [0.15, 0.2) is 29.1 Å². The molecule has 7 heteroatoms. The Morgan fingerprint density at radius 2 is 2.00 bits per heavy atom. The van der Waals surface area contributed by atoms with Gasteiger partial charge < -0.3 is 25.0 Å². The maximum Gasteiger partial charge on any atom is 0.258 e. The number of nitrogens with one attached hydrogen (secondary N) is 1. The van der Waals surface area contributed by atoms with Gasteiger partial charge in [-0.3, -0.25) is 4.79 Å². The van der Waals surface area contributed by atoms with E-state index in [1.165, 1.54) is 38.8 Å². The number of carbonyl (C=O) groups excluding carboxylic acids is 1. The molecule has 3 N–H and O–H groups in total. The Morgan fingerprint density at radius 3 is 2.58 bits per heavy atom. The highest BCUT2D eigenvalue weighted by molar-refractivity contribution is 6.08. The number of hydrogen-bond donors (Lipinski definition) is 2. The van der Waals surface area contributed by atoms with E-state index in [-0.39, 0.29) is 17.2 Å². The van der Waals surface area contributed by atoms with E-state index >= 15 is 0 Å². The monoisotopic (exact) mass is 263 g/mol. The van der Waals surface area contributed by atoms with Gasteiger partial charge in [0, 0.05) is 11.8 Å². The Labute approximate surface area is 109 Å². The molecule has 1 heterocycles. The van der Waals surface area contributed by atoms with Crippen molar-refractivity contribution in [1.29, 1.82) is 0 Å². The molecular formula is C12H13N3O4. The van der Waals surface area contributed by atoms with Crippen LogP contribution in [0.5, 0.6) is 11.5 Å². The zero-order valence-electron chi connectivity index (χ0n) is 10.5. The lowest BCUT2D eigenvalue weighted by atomic mass is 10.1. The lowest BCUT2D eigenvalue weighted by molar-refractivity contribution is 0.102. The van der Waals surface area contributed by atoms with E-state index in [1.54, 1.807) is 0 Å². The van der Waals surface area contributed by atoms with Gasteiger partial charge in [0.15, 0.2) is 11.5 Å². The predicted molar refractivity (Wildman–Crippen MR) is 68.4 cm³/mol. The second-order valence-electron chi connectivity index (χ2n) is 3.66. The van der Waals surface area contributed by atoms with Crippen molar-refractivity contribution in [2.45, 2.75) is 0 Å². The largest absolute Gasteiger partial charge is 0.493 e. The topological polar surface area (TPSA) is 99.6 Å².